The van der Waals surface area contributed by atoms with E-state index in [1.165, 1.54) is 12.5 Å². The highest BCUT2D eigenvalue weighted by Crippen LogP contribution is 2.27. The molecule has 2 heterocycles. The smallest absolute Gasteiger partial charge is 0.262 e. The summed E-state index contributed by atoms with van der Waals surface area (Å²) in [6.45, 7) is 2.06. The number of thioether (sulfide) groups is 1. The number of carbonyl (C=O) groups excluding carboxylic acids is 1. The lowest BCUT2D eigenvalue weighted by atomic mass is 10.2. The Morgan fingerprint density at radius 2 is 2.60 bits per heavy atom. The number of hydrogen-bond donors (Lipinski definition) is 0. The van der Waals surface area contributed by atoms with E-state index in [1.807, 2.05) is 0 Å². The summed E-state index contributed by atoms with van der Waals surface area (Å²) in [6.07, 6.45) is 3.89. The van der Waals surface area contributed by atoms with Crippen LogP contribution in [0, 0.1) is 0 Å². The van der Waals surface area contributed by atoms with Gasteiger partial charge in [0.05, 0.1) is 11.8 Å². The van der Waals surface area contributed by atoms with Crippen molar-refractivity contribution in [3.05, 3.63) is 24.2 Å². The fourth-order valence-electron chi connectivity index (χ4n) is 1.54. The van der Waals surface area contributed by atoms with Crippen LogP contribution < -0.4 is 0 Å². The lowest BCUT2D eigenvalue weighted by molar-refractivity contribution is 0.0821. The maximum atomic E-state index is 12.1. The molecule has 0 radical (unpaired) electrons. The van der Waals surface area contributed by atoms with Crippen LogP contribution in [0.1, 0.15) is 23.7 Å². The van der Waals surface area contributed by atoms with Crippen LogP contribution >= 0.6 is 24.0 Å². The molecule has 2 rings (SSSR count). The van der Waals surface area contributed by atoms with E-state index < -0.39 is 0 Å². The molecule has 3 nitrogen and oxygen atoms in total. The quantitative estimate of drug-likeness (QED) is 0.745. The molecule has 1 aliphatic heterocycles. The SMILES string of the molecule is CCC1CSC(=S)N1C(=O)c1ccoc1. The number of hydrogen-bond acceptors (Lipinski definition) is 4. The van der Waals surface area contributed by atoms with Gasteiger partial charge in [-0.15, -0.1) is 0 Å². The number of rotatable bonds is 2. The summed E-state index contributed by atoms with van der Waals surface area (Å²) >= 11 is 6.74. The summed E-state index contributed by atoms with van der Waals surface area (Å²) in [6, 6.07) is 1.89. The van der Waals surface area contributed by atoms with Crippen molar-refractivity contribution >= 4 is 34.2 Å². The number of thiocarbonyl (C=S) groups is 1. The second kappa shape index (κ2) is 4.37. The first kappa shape index (κ1) is 10.7. The van der Waals surface area contributed by atoms with Gasteiger partial charge in [-0.1, -0.05) is 30.9 Å². The molecule has 1 amide bonds. The van der Waals surface area contributed by atoms with Gasteiger partial charge in [-0.25, -0.2) is 0 Å². The van der Waals surface area contributed by atoms with Gasteiger partial charge in [0, 0.05) is 11.8 Å². The molecular formula is C10H11NO2S2. The molecule has 1 aliphatic rings. The summed E-state index contributed by atoms with van der Waals surface area (Å²) in [5.41, 5.74) is 0.568. The topological polar surface area (TPSA) is 33.5 Å². The Bertz CT molecular complexity index is 375. The highest BCUT2D eigenvalue weighted by atomic mass is 32.2. The monoisotopic (exact) mass is 241 g/mol. The number of nitrogens with zero attached hydrogens (tertiary/aromatic N) is 1. The van der Waals surface area contributed by atoms with Crippen molar-refractivity contribution in [1.82, 2.24) is 4.90 Å². The van der Waals surface area contributed by atoms with E-state index in [2.05, 4.69) is 6.92 Å². The van der Waals surface area contributed by atoms with E-state index in [1.54, 1.807) is 22.7 Å². The van der Waals surface area contributed by atoms with Gasteiger partial charge in [-0.3, -0.25) is 9.69 Å². The van der Waals surface area contributed by atoms with Gasteiger partial charge < -0.3 is 4.42 Å². The first-order valence-electron chi connectivity index (χ1n) is 4.76. The number of carbonyl (C=O) groups is 1. The van der Waals surface area contributed by atoms with E-state index >= 15 is 0 Å². The Balaban J connectivity index is 2.22. The van der Waals surface area contributed by atoms with Crippen LogP contribution in [0.4, 0.5) is 0 Å². The van der Waals surface area contributed by atoms with Crippen molar-refractivity contribution < 1.29 is 9.21 Å². The molecule has 1 unspecified atom stereocenters. The van der Waals surface area contributed by atoms with Crippen LogP contribution in [-0.2, 0) is 0 Å². The summed E-state index contributed by atoms with van der Waals surface area (Å²) in [7, 11) is 0. The fraction of sp³-hybridized carbons (Fsp3) is 0.400. The van der Waals surface area contributed by atoms with E-state index in [0.29, 0.717) is 9.88 Å². The second-order valence-electron chi connectivity index (χ2n) is 3.33. The third kappa shape index (κ3) is 1.94. The second-order valence-corrected chi connectivity index (χ2v) is 4.98. The molecule has 0 aliphatic carbocycles. The summed E-state index contributed by atoms with van der Waals surface area (Å²) in [4.78, 5) is 13.8. The molecular weight excluding hydrogens is 230 g/mol. The zero-order chi connectivity index (χ0) is 10.8. The van der Waals surface area contributed by atoms with Crippen LogP contribution in [-0.4, -0.2) is 26.9 Å². The van der Waals surface area contributed by atoms with Gasteiger partial charge in [0.25, 0.3) is 5.91 Å². The molecule has 1 aromatic rings. The van der Waals surface area contributed by atoms with Gasteiger partial charge in [-0.05, 0) is 12.5 Å². The zero-order valence-electron chi connectivity index (χ0n) is 8.30. The highest BCUT2D eigenvalue weighted by Gasteiger charge is 2.33. The van der Waals surface area contributed by atoms with Crippen molar-refractivity contribution in [3.8, 4) is 0 Å². The number of furan rings is 1. The molecule has 1 aromatic heterocycles. The molecule has 15 heavy (non-hydrogen) atoms. The maximum absolute atomic E-state index is 12.1. The normalized spacial score (nSPS) is 21.0. The van der Waals surface area contributed by atoms with Crippen molar-refractivity contribution in [2.75, 3.05) is 5.75 Å². The highest BCUT2D eigenvalue weighted by molar-refractivity contribution is 8.23. The molecule has 0 saturated carbocycles. The standard InChI is InChI=1S/C10H11NO2S2/c1-2-8-6-15-10(14)11(8)9(12)7-3-4-13-5-7/h3-5,8H,2,6H2,1H3. The number of amides is 1. The van der Waals surface area contributed by atoms with E-state index in [-0.39, 0.29) is 11.9 Å². The minimum Gasteiger partial charge on any atom is -0.472 e. The van der Waals surface area contributed by atoms with E-state index in [0.717, 1.165) is 12.2 Å². The van der Waals surface area contributed by atoms with Gasteiger partial charge in [-0.2, -0.15) is 0 Å². The largest absolute Gasteiger partial charge is 0.472 e. The Kier molecular flexibility index (Phi) is 3.11. The Morgan fingerprint density at radius 3 is 3.20 bits per heavy atom. The van der Waals surface area contributed by atoms with Gasteiger partial charge in [0.2, 0.25) is 0 Å². The molecule has 1 saturated heterocycles. The van der Waals surface area contributed by atoms with Crippen LogP contribution in [0.15, 0.2) is 23.0 Å². The van der Waals surface area contributed by atoms with Crippen LogP contribution in [0.2, 0.25) is 0 Å². The third-order valence-electron chi connectivity index (χ3n) is 2.42. The van der Waals surface area contributed by atoms with Crippen LogP contribution in [0.5, 0.6) is 0 Å². The average Bonchev–Trinajstić information content (AvgIpc) is 2.85. The van der Waals surface area contributed by atoms with Gasteiger partial charge in [0.1, 0.15) is 10.6 Å². The van der Waals surface area contributed by atoms with Gasteiger partial charge >= 0.3 is 0 Å². The molecule has 0 bridgehead atoms. The van der Waals surface area contributed by atoms with Crippen LogP contribution in [0.3, 0.4) is 0 Å². The maximum Gasteiger partial charge on any atom is 0.262 e. The van der Waals surface area contributed by atoms with Crippen molar-refractivity contribution in [2.45, 2.75) is 19.4 Å². The zero-order valence-corrected chi connectivity index (χ0v) is 9.94. The average molecular weight is 241 g/mol. The Morgan fingerprint density at radius 1 is 1.80 bits per heavy atom. The Hall–Kier alpha value is -0.810. The molecule has 1 fully saturated rings. The summed E-state index contributed by atoms with van der Waals surface area (Å²) in [5, 5.41) is 0. The van der Waals surface area contributed by atoms with Crippen LogP contribution in [0.25, 0.3) is 0 Å². The van der Waals surface area contributed by atoms with E-state index in [4.69, 9.17) is 16.6 Å². The molecule has 80 valence electrons. The van der Waals surface area contributed by atoms with Crippen molar-refractivity contribution in [1.29, 1.82) is 0 Å². The molecule has 0 aromatic carbocycles. The van der Waals surface area contributed by atoms with E-state index in [9.17, 15) is 4.79 Å². The fourth-order valence-corrected chi connectivity index (χ4v) is 3.06. The third-order valence-corrected chi connectivity index (χ3v) is 3.96. The first-order valence-corrected chi connectivity index (χ1v) is 6.16. The predicted molar refractivity (Wildman–Crippen MR) is 64.0 cm³/mol. The molecule has 0 spiro atoms. The molecule has 5 heteroatoms. The van der Waals surface area contributed by atoms with Crippen molar-refractivity contribution in [2.24, 2.45) is 0 Å². The molecule has 1 atom stereocenters. The van der Waals surface area contributed by atoms with Gasteiger partial charge in [0.15, 0.2) is 0 Å². The summed E-state index contributed by atoms with van der Waals surface area (Å²) in [5.74, 6) is 0.851. The lowest BCUT2D eigenvalue weighted by Gasteiger charge is -2.21. The minimum absolute atomic E-state index is 0.0504. The summed E-state index contributed by atoms with van der Waals surface area (Å²) < 4.78 is 5.58. The Labute approximate surface area is 97.8 Å². The minimum atomic E-state index is -0.0504. The van der Waals surface area contributed by atoms with Crippen molar-refractivity contribution in [3.63, 3.8) is 0 Å². The molecule has 0 N–H and O–H groups in total. The predicted octanol–water partition coefficient (Wildman–Crippen LogP) is 2.53. The first-order chi connectivity index (χ1) is 7.24. The lowest BCUT2D eigenvalue weighted by Crippen LogP contribution is -2.38.